The highest BCUT2D eigenvalue weighted by atomic mass is 16.7. The van der Waals surface area contributed by atoms with Crippen molar-refractivity contribution >= 4 is 23.8 Å². The van der Waals surface area contributed by atoms with Crippen molar-refractivity contribution in [3.63, 3.8) is 0 Å². The highest BCUT2D eigenvalue weighted by molar-refractivity contribution is 5.76. The molecule has 2 amide bonds. The van der Waals surface area contributed by atoms with Gasteiger partial charge in [-0.05, 0) is 43.4 Å². The van der Waals surface area contributed by atoms with E-state index in [1.165, 1.54) is 6.92 Å². The molecular formula is C37H64N2O12. The zero-order valence-corrected chi connectivity index (χ0v) is 31.7. The second-order valence-electron chi connectivity index (χ2n) is 11.2. The molecule has 1 aliphatic rings. The standard InChI is InChI=1S/C33H52N2O12.2C2H6/c1-3-30(38)34-12-6-4-5-9-31(39)35-13-15-43-17-19-44-18-16-42-14-7-8-25-10-11-28(26(20-25)23-45-24(2)36)46-32-22-27(37)21-29(47-32)33(40)41;2*1-2/h10-11,20,27,29,32,37H,3-9,12-19,21-23H2,1-2H3,(H,34,38)(H,35,39)(H,40,41);2*1-2H3. The maximum atomic E-state index is 11.9. The number of esters is 1. The summed E-state index contributed by atoms with van der Waals surface area (Å²) < 4.78 is 33.2. The van der Waals surface area contributed by atoms with Crippen molar-refractivity contribution in [2.45, 2.75) is 124 Å². The first kappa shape index (κ1) is 47.7. The normalized spacial score (nSPS) is 16.4. The summed E-state index contributed by atoms with van der Waals surface area (Å²) in [6, 6.07) is 5.45. The van der Waals surface area contributed by atoms with Crippen molar-refractivity contribution in [1.82, 2.24) is 10.6 Å². The summed E-state index contributed by atoms with van der Waals surface area (Å²) in [5.74, 6) is -1.18. The van der Waals surface area contributed by atoms with E-state index in [1.54, 1.807) is 6.07 Å². The molecule has 1 aromatic rings. The van der Waals surface area contributed by atoms with Crippen molar-refractivity contribution in [2.24, 2.45) is 0 Å². The van der Waals surface area contributed by atoms with E-state index < -0.39 is 30.4 Å². The Morgan fingerprint density at radius 1 is 0.824 bits per heavy atom. The number of carboxylic acids is 1. The summed E-state index contributed by atoms with van der Waals surface area (Å²) in [7, 11) is 0. The largest absolute Gasteiger partial charge is 0.479 e. The van der Waals surface area contributed by atoms with Crippen LogP contribution < -0.4 is 15.4 Å². The Balaban J connectivity index is 0.00000602. The smallest absolute Gasteiger partial charge is 0.333 e. The number of aliphatic hydroxyl groups excluding tert-OH is 1. The molecule has 294 valence electrons. The Kier molecular flexibility index (Phi) is 29.4. The molecule has 0 aliphatic carbocycles. The molecule has 4 N–H and O–H groups in total. The molecule has 1 fully saturated rings. The molecule has 0 saturated carbocycles. The van der Waals surface area contributed by atoms with Gasteiger partial charge in [0.15, 0.2) is 6.10 Å². The highest BCUT2D eigenvalue weighted by Gasteiger charge is 2.34. The van der Waals surface area contributed by atoms with Crippen LogP contribution in [0.5, 0.6) is 5.75 Å². The van der Waals surface area contributed by atoms with E-state index in [1.807, 2.05) is 46.8 Å². The molecule has 0 bridgehead atoms. The van der Waals surface area contributed by atoms with E-state index >= 15 is 0 Å². The zero-order chi connectivity index (χ0) is 38.3. The minimum Gasteiger partial charge on any atom is -0.479 e. The van der Waals surface area contributed by atoms with Gasteiger partial charge in [0.1, 0.15) is 12.4 Å². The number of aliphatic hydroxyl groups is 1. The summed E-state index contributed by atoms with van der Waals surface area (Å²) in [5, 5.41) is 24.9. The molecule has 0 spiro atoms. The van der Waals surface area contributed by atoms with Gasteiger partial charge in [-0.25, -0.2) is 4.79 Å². The minimum atomic E-state index is -1.17. The first-order chi connectivity index (χ1) is 24.7. The fourth-order valence-corrected chi connectivity index (χ4v) is 4.64. The number of benzene rings is 1. The average molecular weight is 729 g/mol. The van der Waals surface area contributed by atoms with Gasteiger partial charge in [-0.2, -0.15) is 0 Å². The number of amides is 2. The van der Waals surface area contributed by atoms with Gasteiger partial charge in [0.05, 0.1) is 39.1 Å². The Hall–Kier alpha value is -3.30. The molecule has 3 unspecified atom stereocenters. The third kappa shape index (κ3) is 24.5. The van der Waals surface area contributed by atoms with E-state index in [4.69, 9.17) is 28.4 Å². The van der Waals surface area contributed by atoms with Gasteiger partial charge >= 0.3 is 11.9 Å². The number of ether oxygens (including phenoxy) is 6. The second kappa shape index (κ2) is 31.4. The average Bonchev–Trinajstić information content (AvgIpc) is 3.12. The van der Waals surface area contributed by atoms with Crippen molar-refractivity contribution < 1.29 is 57.8 Å². The van der Waals surface area contributed by atoms with Crippen LogP contribution in [0.2, 0.25) is 0 Å². The maximum absolute atomic E-state index is 11.9. The Bertz CT molecular complexity index is 1090. The Labute approximate surface area is 304 Å². The van der Waals surface area contributed by atoms with Crippen LogP contribution in [0.15, 0.2) is 18.2 Å². The predicted molar refractivity (Wildman–Crippen MR) is 192 cm³/mol. The van der Waals surface area contributed by atoms with Crippen LogP contribution in [0.3, 0.4) is 0 Å². The van der Waals surface area contributed by atoms with E-state index in [9.17, 15) is 29.4 Å². The van der Waals surface area contributed by atoms with Crippen molar-refractivity contribution in [3.8, 4) is 5.75 Å². The number of carboxylic acid groups (broad SMARTS) is 1. The van der Waals surface area contributed by atoms with Crippen LogP contribution in [0.4, 0.5) is 0 Å². The zero-order valence-electron chi connectivity index (χ0n) is 31.7. The van der Waals surface area contributed by atoms with Gasteiger partial charge in [-0.3, -0.25) is 14.4 Å². The molecule has 14 heteroatoms. The number of nitrogens with one attached hydrogen (secondary N) is 2. The van der Waals surface area contributed by atoms with Crippen LogP contribution in [0.25, 0.3) is 0 Å². The van der Waals surface area contributed by atoms with Gasteiger partial charge in [0.25, 0.3) is 0 Å². The SMILES string of the molecule is CC.CC.CCC(=O)NCCCCCC(=O)NCCOCCOCCOCCCc1ccc(OC2CC(O)CC(C(=O)O)O2)c(COC(C)=O)c1. The lowest BCUT2D eigenvalue weighted by Gasteiger charge is -2.31. The third-order valence-electron chi connectivity index (χ3n) is 7.15. The second-order valence-corrected chi connectivity index (χ2v) is 11.2. The van der Waals surface area contributed by atoms with Gasteiger partial charge in [-0.1, -0.05) is 47.1 Å². The number of rotatable bonds is 25. The number of aliphatic carboxylic acids is 1. The summed E-state index contributed by atoms with van der Waals surface area (Å²) >= 11 is 0. The van der Waals surface area contributed by atoms with Gasteiger partial charge in [0, 0.05) is 57.9 Å². The number of carbonyl (C=O) groups excluding carboxylic acids is 3. The molecule has 0 radical (unpaired) electrons. The summed E-state index contributed by atoms with van der Waals surface area (Å²) in [6.45, 7) is 14.9. The third-order valence-corrected chi connectivity index (χ3v) is 7.15. The van der Waals surface area contributed by atoms with Gasteiger partial charge < -0.3 is 49.3 Å². The van der Waals surface area contributed by atoms with Crippen LogP contribution >= 0.6 is 0 Å². The molecular weight excluding hydrogens is 664 g/mol. The van der Waals surface area contributed by atoms with E-state index in [2.05, 4.69) is 10.6 Å². The number of hydrogen-bond acceptors (Lipinski definition) is 11. The van der Waals surface area contributed by atoms with Gasteiger partial charge in [-0.15, -0.1) is 0 Å². The lowest BCUT2D eigenvalue weighted by molar-refractivity contribution is -0.195. The van der Waals surface area contributed by atoms with E-state index in [-0.39, 0.29) is 31.3 Å². The molecule has 2 rings (SSSR count). The minimum absolute atomic E-state index is 0.00315. The fraction of sp³-hybridized carbons (Fsp3) is 0.730. The molecule has 14 nitrogen and oxygen atoms in total. The first-order valence-corrected chi connectivity index (χ1v) is 18.4. The molecule has 3 atom stereocenters. The topological polar surface area (TPSA) is 188 Å². The van der Waals surface area contributed by atoms with E-state index in [0.717, 1.165) is 31.2 Å². The summed E-state index contributed by atoms with van der Waals surface area (Å²) in [5.41, 5.74) is 1.59. The van der Waals surface area contributed by atoms with Crippen LogP contribution in [-0.4, -0.2) is 105 Å². The summed E-state index contributed by atoms with van der Waals surface area (Å²) in [6.07, 6.45) is 2.08. The molecule has 0 aromatic heterocycles. The lowest BCUT2D eigenvalue weighted by atomic mass is 10.0. The van der Waals surface area contributed by atoms with Crippen molar-refractivity contribution in [2.75, 3.05) is 52.7 Å². The number of unbranched alkanes of at least 4 members (excludes halogenated alkanes) is 2. The Morgan fingerprint density at radius 2 is 1.47 bits per heavy atom. The fourth-order valence-electron chi connectivity index (χ4n) is 4.64. The quantitative estimate of drug-likeness (QED) is 0.0826. The van der Waals surface area contributed by atoms with Crippen LogP contribution in [0, 0.1) is 0 Å². The maximum Gasteiger partial charge on any atom is 0.333 e. The molecule has 51 heavy (non-hydrogen) atoms. The predicted octanol–water partition coefficient (Wildman–Crippen LogP) is 4.32. The van der Waals surface area contributed by atoms with E-state index in [0.29, 0.717) is 83.3 Å². The molecule has 1 aromatic carbocycles. The number of carbonyl (C=O) groups is 4. The van der Waals surface area contributed by atoms with Crippen LogP contribution in [-0.2, 0) is 55.9 Å². The Morgan fingerprint density at radius 3 is 2.12 bits per heavy atom. The van der Waals surface area contributed by atoms with Crippen molar-refractivity contribution in [3.05, 3.63) is 29.3 Å². The first-order valence-electron chi connectivity index (χ1n) is 18.4. The molecule has 1 aliphatic heterocycles. The van der Waals surface area contributed by atoms with Crippen LogP contribution in [0.1, 0.15) is 104 Å². The van der Waals surface area contributed by atoms with Crippen molar-refractivity contribution in [1.29, 1.82) is 0 Å². The monoisotopic (exact) mass is 728 g/mol. The number of hydrogen-bond donors (Lipinski definition) is 4. The summed E-state index contributed by atoms with van der Waals surface area (Å²) in [4.78, 5) is 45.8. The molecule has 1 saturated heterocycles. The van der Waals surface area contributed by atoms with Gasteiger partial charge in [0.2, 0.25) is 18.1 Å². The highest BCUT2D eigenvalue weighted by Crippen LogP contribution is 2.28. The number of aryl methyl sites for hydroxylation is 1. The molecule has 1 heterocycles. The lowest BCUT2D eigenvalue weighted by Crippen LogP contribution is -2.42.